The molecular formula is C12H13F3O2. The largest absolute Gasteiger partial charge is 0.481 e. The van der Waals surface area contributed by atoms with Crippen molar-refractivity contribution in [1.29, 1.82) is 0 Å². The Kier molecular flexibility index (Phi) is 3.80. The van der Waals surface area contributed by atoms with E-state index in [9.17, 15) is 18.0 Å². The Bertz CT molecular complexity index is 424. The van der Waals surface area contributed by atoms with Crippen LogP contribution in [0.25, 0.3) is 0 Å². The van der Waals surface area contributed by atoms with Crippen molar-refractivity contribution in [3.63, 3.8) is 0 Å². The first-order valence-electron chi connectivity index (χ1n) is 5.12. The number of hydrogen-bond acceptors (Lipinski definition) is 1. The lowest BCUT2D eigenvalue weighted by atomic mass is 9.89. The number of hydrogen-bond donors (Lipinski definition) is 1. The molecule has 1 rings (SSSR count). The van der Waals surface area contributed by atoms with Crippen molar-refractivity contribution < 1.29 is 23.1 Å². The highest BCUT2D eigenvalue weighted by Gasteiger charge is 2.35. The van der Waals surface area contributed by atoms with Gasteiger partial charge in [0.15, 0.2) is 0 Å². The van der Waals surface area contributed by atoms with E-state index >= 15 is 0 Å². The SMILES string of the molecule is Cc1cccc(C(F)(F)F)c1C(C)CC(=O)O. The minimum Gasteiger partial charge on any atom is -0.481 e. The molecule has 0 radical (unpaired) electrons. The molecule has 0 aliphatic heterocycles. The van der Waals surface area contributed by atoms with E-state index < -0.39 is 23.6 Å². The third-order valence-corrected chi connectivity index (χ3v) is 2.60. The summed E-state index contributed by atoms with van der Waals surface area (Å²) >= 11 is 0. The van der Waals surface area contributed by atoms with Crippen LogP contribution in [0.2, 0.25) is 0 Å². The molecule has 0 saturated carbocycles. The van der Waals surface area contributed by atoms with Gasteiger partial charge in [0.25, 0.3) is 0 Å². The summed E-state index contributed by atoms with van der Waals surface area (Å²) in [5.41, 5.74) is -0.206. The molecule has 0 amide bonds. The highest BCUT2D eigenvalue weighted by atomic mass is 19.4. The molecule has 5 heteroatoms. The van der Waals surface area contributed by atoms with Crippen LogP contribution in [0.15, 0.2) is 18.2 Å². The van der Waals surface area contributed by atoms with Crippen molar-refractivity contribution in [2.45, 2.75) is 32.4 Å². The van der Waals surface area contributed by atoms with Crippen molar-refractivity contribution in [2.75, 3.05) is 0 Å². The summed E-state index contributed by atoms with van der Waals surface area (Å²) in [7, 11) is 0. The fourth-order valence-electron chi connectivity index (χ4n) is 1.95. The van der Waals surface area contributed by atoms with Crippen molar-refractivity contribution >= 4 is 5.97 Å². The minimum atomic E-state index is -4.45. The molecule has 2 nitrogen and oxygen atoms in total. The molecule has 1 N–H and O–H groups in total. The third kappa shape index (κ3) is 3.22. The molecule has 0 aromatic heterocycles. The molecule has 1 unspecified atom stereocenters. The van der Waals surface area contributed by atoms with E-state index in [2.05, 4.69) is 0 Å². The quantitative estimate of drug-likeness (QED) is 0.884. The molecular weight excluding hydrogens is 233 g/mol. The first kappa shape index (κ1) is 13.5. The van der Waals surface area contributed by atoms with Crippen molar-refractivity contribution in [3.05, 3.63) is 34.9 Å². The second kappa shape index (κ2) is 4.77. The van der Waals surface area contributed by atoms with Gasteiger partial charge >= 0.3 is 12.1 Å². The molecule has 0 bridgehead atoms. The number of rotatable bonds is 3. The normalized spacial score (nSPS) is 13.5. The van der Waals surface area contributed by atoms with E-state index in [0.29, 0.717) is 5.56 Å². The van der Waals surface area contributed by atoms with Crippen LogP contribution in [-0.2, 0) is 11.0 Å². The topological polar surface area (TPSA) is 37.3 Å². The van der Waals surface area contributed by atoms with Crippen LogP contribution in [0.1, 0.15) is 36.0 Å². The van der Waals surface area contributed by atoms with Gasteiger partial charge in [-0.1, -0.05) is 19.1 Å². The molecule has 1 atom stereocenters. The van der Waals surface area contributed by atoms with Crippen LogP contribution in [-0.4, -0.2) is 11.1 Å². The van der Waals surface area contributed by atoms with Gasteiger partial charge < -0.3 is 5.11 Å². The van der Waals surface area contributed by atoms with Crippen molar-refractivity contribution in [3.8, 4) is 0 Å². The number of halogens is 3. The Morgan fingerprint density at radius 2 is 2.00 bits per heavy atom. The zero-order valence-electron chi connectivity index (χ0n) is 9.51. The highest BCUT2D eigenvalue weighted by Crippen LogP contribution is 2.37. The fraction of sp³-hybridized carbons (Fsp3) is 0.417. The van der Waals surface area contributed by atoms with Crippen LogP contribution < -0.4 is 0 Å². The highest BCUT2D eigenvalue weighted by molar-refractivity contribution is 5.68. The van der Waals surface area contributed by atoms with Crippen LogP contribution in [0, 0.1) is 6.92 Å². The summed E-state index contributed by atoms with van der Waals surface area (Å²) in [5.74, 6) is -1.76. The van der Waals surface area contributed by atoms with Gasteiger partial charge in [0.05, 0.1) is 12.0 Å². The van der Waals surface area contributed by atoms with Gasteiger partial charge in [0, 0.05) is 0 Å². The van der Waals surface area contributed by atoms with E-state index in [4.69, 9.17) is 5.11 Å². The van der Waals surface area contributed by atoms with Crippen LogP contribution in [0.5, 0.6) is 0 Å². The van der Waals surface area contributed by atoms with Gasteiger partial charge in [-0.2, -0.15) is 13.2 Å². The lowest BCUT2D eigenvalue weighted by molar-refractivity contribution is -0.140. The van der Waals surface area contributed by atoms with Crippen LogP contribution in [0.3, 0.4) is 0 Å². The van der Waals surface area contributed by atoms with E-state index in [0.717, 1.165) is 6.07 Å². The van der Waals surface area contributed by atoms with Gasteiger partial charge in [0.1, 0.15) is 0 Å². The molecule has 0 aliphatic rings. The van der Waals surface area contributed by atoms with E-state index in [-0.39, 0.29) is 12.0 Å². The molecule has 94 valence electrons. The first-order chi connectivity index (χ1) is 7.73. The Morgan fingerprint density at radius 3 is 2.47 bits per heavy atom. The standard InChI is InChI=1S/C12H13F3O2/c1-7-4-3-5-9(12(13,14)15)11(7)8(2)6-10(16)17/h3-5,8H,6H2,1-2H3,(H,16,17). The number of carboxylic acids is 1. The number of alkyl halides is 3. The Labute approximate surface area is 97.1 Å². The zero-order valence-corrected chi connectivity index (χ0v) is 9.51. The third-order valence-electron chi connectivity index (χ3n) is 2.60. The molecule has 0 aliphatic carbocycles. The maximum Gasteiger partial charge on any atom is 0.416 e. The lowest BCUT2D eigenvalue weighted by Gasteiger charge is -2.19. The number of aliphatic carboxylic acids is 1. The van der Waals surface area contributed by atoms with Crippen LogP contribution >= 0.6 is 0 Å². The number of carbonyl (C=O) groups is 1. The van der Waals surface area contributed by atoms with Gasteiger partial charge in [-0.15, -0.1) is 0 Å². The Balaban J connectivity index is 3.25. The second-order valence-electron chi connectivity index (χ2n) is 4.03. The summed E-state index contributed by atoms with van der Waals surface area (Å²) in [6.07, 6.45) is -4.76. The monoisotopic (exact) mass is 246 g/mol. The first-order valence-corrected chi connectivity index (χ1v) is 5.12. The van der Waals surface area contributed by atoms with Gasteiger partial charge in [-0.3, -0.25) is 4.79 Å². The summed E-state index contributed by atoms with van der Waals surface area (Å²) in [4.78, 5) is 10.6. The molecule has 0 fully saturated rings. The predicted octanol–water partition coefficient (Wildman–Crippen LogP) is 3.59. The number of benzene rings is 1. The Hall–Kier alpha value is -1.52. The van der Waals surface area contributed by atoms with Crippen molar-refractivity contribution in [1.82, 2.24) is 0 Å². The molecule has 1 aromatic carbocycles. The fourth-order valence-corrected chi connectivity index (χ4v) is 1.95. The number of carboxylic acid groups (broad SMARTS) is 1. The molecule has 0 heterocycles. The van der Waals surface area contributed by atoms with E-state index in [1.165, 1.54) is 13.0 Å². The van der Waals surface area contributed by atoms with E-state index in [1.807, 2.05) is 0 Å². The van der Waals surface area contributed by atoms with E-state index in [1.54, 1.807) is 13.0 Å². The van der Waals surface area contributed by atoms with Gasteiger partial charge in [-0.05, 0) is 30.0 Å². The van der Waals surface area contributed by atoms with Gasteiger partial charge in [0.2, 0.25) is 0 Å². The van der Waals surface area contributed by atoms with Gasteiger partial charge in [-0.25, -0.2) is 0 Å². The average molecular weight is 246 g/mol. The average Bonchev–Trinajstić information content (AvgIpc) is 2.14. The zero-order chi connectivity index (χ0) is 13.2. The second-order valence-corrected chi connectivity index (χ2v) is 4.03. The maximum absolute atomic E-state index is 12.8. The Morgan fingerprint density at radius 1 is 1.41 bits per heavy atom. The van der Waals surface area contributed by atoms with Crippen molar-refractivity contribution in [2.24, 2.45) is 0 Å². The molecule has 0 saturated heterocycles. The number of aryl methyl sites for hydroxylation is 1. The summed E-state index contributed by atoms with van der Waals surface area (Å²) in [5, 5.41) is 8.65. The summed E-state index contributed by atoms with van der Waals surface area (Å²) in [6.45, 7) is 3.05. The predicted molar refractivity (Wildman–Crippen MR) is 56.8 cm³/mol. The molecule has 0 spiro atoms. The summed E-state index contributed by atoms with van der Waals surface area (Å²) in [6, 6.07) is 3.87. The summed E-state index contributed by atoms with van der Waals surface area (Å²) < 4.78 is 38.3. The smallest absolute Gasteiger partial charge is 0.416 e. The molecule has 1 aromatic rings. The lowest BCUT2D eigenvalue weighted by Crippen LogP contribution is -2.14. The van der Waals surface area contributed by atoms with Crippen LogP contribution in [0.4, 0.5) is 13.2 Å². The minimum absolute atomic E-state index is 0.0717. The molecule has 17 heavy (non-hydrogen) atoms. The maximum atomic E-state index is 12.8.